The molecule has 1 aliphatic carbocycles. The van der Waals surface area contributed by atoms with Crippen LogP contribution in [0.2, 0.25) is 0 Å². The third-order valence-electron chi connectivity index (χ3n) is 9.88. The Balaban J connectivity index is 0.938. The molecule has 54 heavy (non-hydrogen) atoms. The molecule has 4 aromatic carbocycles. The average Bonchev–Trinajstić information content (AvgIpc) is 4.09. The molecular formula is C44H48O10. The van der Waals surface area contributed by atoms with E-state index in [1.807, 2.05) is 38.1 Å². The van der Waals surface area contributed by atoms with Gasteiger partial charge in [-0.15, -0.1) is 0 Å². The molecule has 7 rings (SSSR count). The van der Waals surface area contributed by atoms with Crippen LogP contribution < -0.4 is 18.9 Å². The molecule has 2 fully saturated rings. The van der Waals surface area contributed by atoms with Crippen molar-refractivity contribution in [3.63, 3.8) is 0 Å². The number of carbonyl (C=O) groups excluding carboxylic acids is 2. The van der Waals surface area contributed by atoms with Gasteiger partial charge in [0, 0.05) is 18.8 Å². The minimum absolute atomic E-state index is 0.0140. The van der Waals surface area contributed by atoms with Gasteiger partial charge in [0.2, 0.25) is 0 Å². The summed E-state index contributed by atoms with van der Waals surface area (Å²) < 4.78 is 46.4. The third-order valence-corrected chi connectivity index (χ3v) is 9.88. The Labute approximate surface area is 316 Å². The van der Waals surface area contributed by atoms with Crippen molar-refractivity contribution in [1.29, 1.82) is 0 Å². The van der Waals surface area contributed by atoms with E-state index < -0.39 is 24.5 Å². The Kier molecular flexibility index (Phi) is 11.1. The molecule has 3 aliphatic rings. The monoisotopic (exact) mass is 736 g/mol. The smallest absolute Gasteiger partial charge is 0.343 e. The van der Waals surface area contributed by atoms with Crippen molar-refractivity contribution < 1.29 is 47.5 Å². The predicted molar refractivity (Wildman–Crippen MR) is 201 cm³/mol. The van der Waals surface area contributed by atoms with E-state index in [2.05, 4.69) is 20.8 Å². The summed E-state index contributed by atoms with van der Waals surface area (Å²) in [6, 6.07) is 25.1. The largest absolute Gasteiger partial charge is 0.465 e. The number of ether oxygens (including phenoxy) is 8. The van der Waals surface area contributed by atoms with Gasteiger partial charge in [-0.1, -0.05) is 45.7 Å². The molecule has 2 saturated heterocycles. The molecule has 10 nitrogen and oxygen atoms in total. The minimum atomic E-state index is -0.467. The fourth-order valence-electron chi connectivity index (χ4n) is 6.33. The van der Waals surface area contributed by atoms with Crippen LogP contribution in [0.4, 0.5) is 0 Å². The number of carbonyl (C=O) groups is 2. The molecule has 0 saturated carbocycles. The highest BCUT2D eigenvalue weighted by Gasteiger charge is 2.41. The van der Waals surface area contributed by atoms with Crippen LogP contribution in [0.5, 0.6) is 23.0 Å². The number of benzene rings is 4. The fourth-order valence-corrected chi connectivity index (χ4v) is 6.33. The van der Waals surface area contributed by atoms with Gasteiger partial charge in [0.1, 0.15) is 34.2 Å². The van der Waals surface area contributed by atoms with Crippen molar-refractivity contribution in [3.8, 4) is 34.1 Å². The average molecular weight is 737 g/mol. The zero-order valence-electron chi connectivity index (χ0n) is 31.6. The first-order valence-corrected chi connectivity index (χ1v) is 18.8. The second-order valence-corrected chi connectivity index (χ2v) is 14.8. The van der Waals surface area contributed by atoms with Gasteiger partial charge in [-0.3, -0.25) is 0 Å². The highest BCUT2D eigenvalue weighted by molar-refractivity contribution is 5.92. The van der Waals surface area contributed by atoms with Gasteiger partial charge < -0.3 is 37.9 Å². The van der Waals surface area contributed by atoms with E-state index >= 15 is 0 Å². The van der Waals surface area contributed by atoms with E-state index in [4.69, 9.17) is 37.9 Å². The molecular weight excluding hydrogens is 688 g/mol. The molecule has 0 radical (unpaired) electrons. The van der Waals surface area contributed by atoms with Crippen LogP contribution in [0.3, 0.4) is 0 Å². The lowest BCUT2D eigenvalue weighted by molar-refractivity contribution is -0.0979. The fraction of sp³-hybridized carbons (Fsp3) is 0.409. The molecule has 2 heterocycles. The maximum absolute atomic E-state index is 13.1. The van der Waals surface area contributed by atoms with E-state index in [0.717, 1.165) is 47.9 Å². The second-order valence-electron chi connectivity index (χ2n) is 14.8. The normalized spacial score (nSPS) is 21.7. The quantitative estimate of drug-likeness (QED) is 0.0425. The maximum Gasteiger partial charge on any atom is 0.343 e. The van der Waals surface area contributed by atoms with Crippen LogP contribution in [0.1, 0.15) is 98.1 Å². The SMILES string of the molecule is CCCC(OCC1(C)CO1)Oc1ccc(C(=O)Oc2ccc3c(c2)C(C)c2cc(OC(=O)c4ccc(OC(CCC)OCC5(C)CO5)cc4)ccc2-3)cc1. The number of hydrogen-bond acceptors (Lipinski definition) is 10. The van der Waals surface area contributed by atoms with Crippen molar-refractivity contribution in [1.82, 2.24) is 0 Å². The Hall–Kier alpha value is -4.74. The molecule has 284 valence electrons. The first kappa shape index (κ1) is 37.6. The van der Waals surface area contributed by atoms with Crippen LogP contribution in [0.25, 0.3) is 11.1 Å². The standard InChI is InChI=1S/C44H48O10/c1-6-8-39(47-24-43(4)26-49-43)51-31-14-10-29(11-15-31)41(45)53-33-18-20-35-36-21-19-34(23-38(36)28(3)37(35)22-33)54-42(46)30-12-16-32(17-13-30)52-40(9-7-2)48-25-44(5)27-50-44/h10-23,28,39-40H,6-9,24-27H2,1-5H3. The molecule has 10 heteroatoms. The molecule has 0 aromatic heterocycles. The lowest BCUT2D eigenvalue weighted by Gasteiger charge is -2.20. The molecule has 4 aromatic rings. The number of fused-ring (bicyclic) bond motifs is 3. The van der Waals surface area contributed by atoms with Gasteiger partial charge in [0.15, 0.2) is 12.6 Å². The van der Waals surface area contributed by atoms with Crippen molar-refractivity contribution in [2.45, 2.75) is 90.0 Å². The Morgan fingerprint density at radius 2 is 1.00 bits per heavy atom. The molecule has 4 unspecified atom stereocenters. The summed E-state index contributed by atoms with van der Waals surface area (Å²) in [7, 11) is 0. The Bertz CT molecular complexity index is 1800. The van der Waals surface area contributed by atoms with Gasteiger partial charge in [0.25, 0.3) is 0 Å². The number of hydrogen-bond donors (Lipinski definition) is 0. The molecule has 0 amide bonds. The van der Waals surface area contributed by atoms with Gasteiger partial charge >= 0.3 is 11.9 Å². The summed E-state index contributed by atoms with van der Waals surface area (Å²) in [6.45, 7) is 12.6. The van der Waals surface area contributed by atoms with E-state index in [0.29, 0.717) is 60.6 Å². The summed E-state index contributed by atoms with van der Waals surface area (Å²) in [6.07, 6.45) is 2.51. The lowest BCUT2D eigenvalue weighted by atomic mass is 9.99. The highest BCUT2D eigenvalue weighted by Crippen LogP contribution is 2.47. The number of esters is 2. The third kappa shape index (κ3) is 9.13. The van der Waals surface area contributed by atoms with Crippen molar-refractivity contribution in [2.24, 2.45) is 0 Å². The first-order valence-electron chi connectivity index (χ1n) is 18.8. The van der Waals surface area contributed by atoms with Crippen molar-refractivity contribution in [3.05, 3.63) is 107 Å². The van der Waals surface area contributed by atoms with E-state index in [-0.39, 0.29) is 17.1 Å². The molecule has 2 aliphatic heterocycles. The maximum atomic E-state index is 13.1. The summed E-state index contributed by atoms with van der Waals surface area (Å²) >= 11 is 0. The van der Waals surface area contributed by atoms with Crippen LogP contribution in [-0.4, -0.2) is 62.1 Å². The predicted octanol–water partition coefficient (Wildman–Crippen LogP) is 8.88. The van der Waals surface area contributed by atoms with E-state index in [9.17, 15) is 9.59 Å². The number of rotatable bonds is 18. The summed E-state index contributed by atoms with van der Waals surface area (Å²) in [5.74, 6) is 1.17. The van der Waals surface area contributed by atoms with Gasteiger partial charge in [-0.2, -0.15) is 0 Å². The summed E-state index contributed by atoms with van der Waals surface area (Å²) in [5.41, 5.74) is 4.51. The van der Waals surface area contributed by atoms with Crippen LogP contribution in [0, 0.1) is 0 Å². The summed E-state index contributed by atoms with van der Waals surface area (Å²) in [5, 5.41) is 0. The molecule has 0 N–H and O–H groups in total. The molecule has 0 bridgehead atoms. The van der Waals surface area contributed by atoms with E-state index in [1.54, 1.807) is 60.7 Å². The topological polar surface area (TPSA) is 115 Å². The van der Waals surface area contributed by atoms with Crippen LogP contribution >= 0.6 is 0 Å². The highest BCUT2D eigenvalue weighted by atomic mass is 16.7. The Morgan fingerprint density at radius 1 is 0.630 bits per heavy atom. The van der Waals surface area contributed by atoms with Crippen LogP contribution in [0.15, 0.2) is 84.9 Å². The molecule has 0 spiro atoms. The zero-order valence-corrected chi connectivity index (χ0v) is 31.6. The van der Waals surface area contributed by atoms with E-state index in [1.165, 1.54) is 0 Å². The Morgan fingerprint density at radius 3 is 1.35 bits per heavy atom. The molecule has 4 atom stereocenters. The van der Waals surface area contributed by atoms with Crippen molar-refractivity contribution in [2.75, 3.05) is 26.4 Å². The minimum Gasteiger partial charge on any atom is -0.465 e. The van der Waals surface area contributed by atoms with Crippen molar-refractivity contribution >= 4 is 11.9 Å². The lowest BCUT2D eigenvalue weighted by Crippen LogP contribution is -2.26. The zero-order chi connectivity index (χ0) is 37.9. The van der Waals surface area contributed by atoms with Gasteiger partial charge in [0.05, 0.1) is 37.6 Å². The van der Waals surface area contributed by atoms with Gasteiger partial charge in [-0.25, -0.2) is 9.59 Å². The van der Waals surface area contributed by atoms with Gasteiger partial charge in [-0.05, 0) is 109 Å². The number of epoxide rings is 2. The summed E-state index contributed by atoms with van der Waals surface area (Å²) in [4.78, 5) is 26.2. The first-order chi connectivity index (χ1) is 26.0. The van der Waals surface area contributed by atoms with Crippen LogP contribution in [-0.2, 0) is 18.9 Å². The second kappa shape index (κ2) is 15.9.